The molecule has 1 amide bonds. The van der Waals surface area contributed by atoms with Gasteiger partial charge >= 0.3 is 12.1 Å². The van der Waals surface area contributed by atoms with Gasteiger partial charge in [0.05, 0.1) is 24.3 Å². The van der Waals surface area contributed by atoms with Crippen molar-refractivity contribution in [2.75, 3.05) is 25.0 Å². The lowest BCUT2D eigenvalue weighted by Gasteiger charge is -2.34. The number of aromatic nitrogens is 3. The molecule has 4 heterocycles. The van der Waals surface area contributed by atoms with Crippen LogP contribution in [0.2, 0.25) is 0 Å². The third-order valence-electron chi connectivity index (χ3n) is 6.11. The zero-order valence-corrected chi connectivity index (χ0v) is 19.6. The first-order chi connectivity index (χ1) is 17.7. The Kier molecular flexibility index (Phi) is 7.67. The minimum atomic E-state index is -5.08. The standard InChI is InChI=1S/C23H23N5O2.C2HF3O2/c29-21(18-6-9-24-10-7-18)28-11-8-23(15-28)16-30-14-19-13-26-22(27-20(19)23)25-12-17-4-2-1-3-5-17;3-2(4,5)1(6)7/h1-7,9-10,13H,8,11-12,14-16H2,(H,25,26,27);(H,6,7). The molecule has 2 aliphatic heterocycles. The molecule has 1 unspecified atom stereocenters. The van der Waals surface area contributed by atoms with Crippen molar-refractivity contribution in [1.29, 1.82) is 0 Å². The molecule has 1 fully saturated rings. The van der Waals surface area contributed by atoms with Crippen LogP contribution in [0.4, 0.5) is 19.1 Å². The van der Waals surface area contributed by atoms with E-state index in [1.165, 1.54) is 5.56 Å². The molecule has 0 radical (unpaired) electrons. The molecule has 5 rings (SSSR count). The van der Waals surface area contributed by atoms with Crippen LogP contribution in [0.15, 0.2) is 61.1 Å². The number of nitrogens with one attached hydrogen (secondary N) is 1. The van der Waals surface area contributed by atoms with E-state index in [-0.39, 0.29) is 11.3 Å². The molecule has 1 atom stereocenters. The van der Waals surface area contributed by atoms with E-state index in [2.05, 4.69) is 27.4 Å². The summed E-state index contributed by atoms with van der Waals surface area (Å²) in [6, 6.07) is 13.7. The predicted octanol–water partition coefficient (Wildman–Crippen LogP) is 3.43. The summed E-state index contributed by atoms with van der Waals surface area (Å²) in [7, 11) is 0. The number of carbonyl (C=O) groups is 2. The molecule has 2 N–H and O–H groups in total. The number of ether oxygens (including phenoxy) is 1. The number of hydrogen-bond donors (Lipinski definition) is 2. The highest BCUT2D eigenvalue weighted by Gasteiger charge is 2.46. The van der Waals surface area contributed by atoms with Gasteiger partial charge in [-0.1, -0.05) is 30.3 Å². The van der Waals surface area contributed by atoms with Gasteiger partial charge in [0.1, 0.15) is 0 Å². The fourth-order valence-electron chi connectivity index (χ4n) is 4.29. The second-order valence-corrected chi connectivity index (χ2v) is 8.70. The summed E-state index contributed by atoms with van der Waals surface area (Å²) in [5, 5.41) is 10.5. The Morgan fingerprint density at radius 3 is 2.51 bits per heavy atom. The Morgan fingerprint density at radius 1 is 1.14 bits per heavy atom. The van der Waals surface area contributed by atoms with E-state index >= 15 is 0 Å². The first-order valence-electron chi connectivity index (χ1n) is 11.4. The number of anilines is 1. The van der Waals surface area contributed by atoms with Crippen molar-refractivity contribution < 1.29 is 32.6 Å². The molecule has 2 aliphatic rings. The molecule has 3 aromatic rings. The number of nitrogens with zero attached hydrogens (tertiary/aromatic N) is 4. The van der Waals surface area contributed by atoms with Crippen LogP contribution < -0.4 is 5.32 Å². The van der Waals surface area contributed by atoms with Crippen molar-refractivity contribution in [3.63, 3.8) is 0 Å². The van der Waals surface area contributed by atoms with Gasteiger partial charge in [0.25, 0.3) is 5.91 Å². The average Bonchev–Trinajstić information content (AvgIpc) is 3.33. The normalized spacial score (nSPS) is 18.5. The van der Waals surface area contributed by atoms with E-state index in [1.54, 1.807) is 24.5 Å². The number of benzene rings is 1. The third kappa shape index (κ3) is 6.20. The summed E-state index contributed by atoms with van der Waals surface area (Å²) in [5.74, 6) is -2.12. The number of aliphatic carboxylic acids is 1. The number of carboxylic acid groups (broad SMARTS) is 1. The molecule has 1 spiro atoms. The molecule has 0 aliphatic carbocycles. The third-order valence-corrected chi connectivity index (χ3v) is 6.11. The van der Waals surface area contributed by atoms with Gasteiger partial charge < -0.3 is 20.1 Å². The topological polar surface area (TPSA) is 118 Å². The molecule has 0 bridgehead atoms. The van der Waals surface area contributed by atoms with Gasteiger partial charge in [-0.15, -0.1) is 0 Å². The van der Waals surface area contributed by atoms with Crippen LogP contribution in [0.3, 0.4) is 0 Å². The van der Waals surface area contributed by atoms with Gasteiger partial charge in [-0.25, -0.2) is 14.8 Å². The molecule has 2 aromatic heterocycles. The van der Waals surface area contributed by atoms with Crippen LogP contribution in [-0.4, -0.2) is 62.7 Å². The van der Waals surface area contributed by atoms with Gasteiger partial charge in [-0.3, -0.25) is 9.78 Å². The number of carbonyl (C=O) groups excluding carboxylic acids is 1. The van der Waals surface area contributed by atoms with Gasteiger partial charge in [-0.2, -0.15) is 13.2 Å². The fraction of sp³-hybridized carbons (Fsp3) is 0.320. The number of amides is 1. The monoisotopic (exact) mass is 515 g/mol. The van der Waals surface area contributed by atoms with Crippen molar-refractivity contribution in [1.82, 2.24) is 19.9 Å². The highest BCUT2D eigenvalue weighted by Crippen LogP contribution is 2.39. The summed E-state index contributed by atoms with van der Waals surface area (Å²) in [5.41, 5.74) is 3.55. The van der Waals surface area contributed by atoms with Crippen molar-refractivity contribution >= 4 is 17.8 Å². The van der Waals surface area contributed by atoms with E-state index in [0.717, 1.165) is 17.7 Å². The number of pyridine rings is 1. The van der Waals surface area contributed by atoms with Crippen LogP contribution >= 0.6 is 0 Å². The summed E-state index contributed by atoms with van der Waals surface area (Å²) in [6.07, 6.45) is 0.891. The average molecular weight is 515 g/mol. The quantitative estimate of drug-likeness (QED) is 0.543. The Balaban J connectivity index is 0.000000405. The molecule has 1 aromatic carbocycles. The molecular formula is C25H24F3N5O4. The van der Waals surface area contributed by atoms with E-state index in [9.17, 15) is 18.0 Å². The minimum absolute atomic E-state index is 0.0258. The number of likely N-dealkylation sites (tertiary alicyclic amines) is 1. The first-order valence-corrected chi connectivity index (χ1v) is 11.4. The summed E-state index contributed by atoms with van der Waals surface area (Å²) < 4.78 is 37.6. The zero-order chi connectivity index (χ0) is 26.5. The minimum Gasteiger partial charge on any atom is -0.475 e. The number of hydrogen-bond acceptors (Lipinski definition) is 7. The largest absolute Gasteiger partial charge is 0.490 e. The molecule has 0 saturated carbocycles. The zero-order valence-electron chi connectivity index (χ0n) is 19.6. The molecule has 1 saturated heterocycles. The maximum absolute atomic E-state index is 12.9. The van der Waals surface area contributed by atoms with E-state index < -0.39 is 12.1 Å². The van der Waals surface area contributed by atoms with Gasteiger partial charge in [-0.05, 0) is 24.1 Å². The van der Waals surface area contributed by atoms with Crippen LogP contribution in [0.25, 0.3) is 0 Å². The van der Waals surface area contributed by atoms with Crippen LogP contribution in [0.5, 0.6) is 0 Å². The number of rotatable bonds is 4. The second-order valence-electron chi connectivity index (χ2n) is 8.70. The van der Waals surface area contributed by atoms with Crippen molar-refractivity contribution in [3.05, 3.63) is 83.4 Å². The van der Waals surface area contributed by atoms with E-state index in [0.29, 0.717) is 44.4 Å². The van der Waals surface area contributed by atoms with Crippen LogP contribution in [0, 0.1) is 0 Å². The smallest absolute Gasteiger partial charge is 0.475 e. The molecule has 9 nitrogen and oxygen atoms in total. The highest BCUT2D eigenvalue weighted by molar-refractivity contribution is 5.94. The van der Waals surface area contributed by atoms with Crippen molar-refractivity contribution in [2.24, 2.45) is 0 Å². The maximum Gasteiger partial charge on any atom is 0.490 e. The lowest BCUT2D eigenvalue weighted by atomic mass is 9.80. The van der Waals surface area contributed by atoms with Gasteiger partial charge in [0.15, 0.2) is 0 Å². The van der Waals surface area contributed by atoms with Gasteiger partial charge in [0, 0.05) is 49.4 Å². The summed E-state index contributed by atoms with van der Waals surface area (Å²) in [4.78, 5) is 37.1. The Bertz CT molecular complexity index is 1240. The molecular weight excluding hydrogens is 491 g/mol. The first kappa shape index (κ1) is 26.0. The summed E-state index contributed by atoms with van der Waals surface area (Å²) in [6.45, 7) is 3.01. The Labute approximate surface area is 210 Å². The van der Waals surface area contributed by atoms with Crippen LogP contribution in [0.1, 0.15) is 33.6 Å². The Hall–Kier alpha value is -4.06. The highest BCUT2D eigenvalue weighted by atomic mass is 19.4. The lowest BCUT2D eigenvalue weighted by Crippen LogP contribution is -2.41. The lowest BCUT2D eigenvalue weighted by molar-refractivity contribution is -0.192. The number of halogens is 3. The van der Waals surface area contributed by atoms with Crippen LogP contribution in [-0.2, 0) is 28.1 Å². The predicted molar refractivity (Wildman–Crippen MR) is 126 cm³/mol. The van der Waals surface area contributed by atoms with Crippen molar-refractivity contribution in [3.8, 4) is 0 Å². The van der Waals surface area contributed by atoms with Crippen molar-refractivity contribution in [2.45, 2.75) is 31.2 Å². The number of alkyl halides is 3. The maximum atomic E-state index is 12.9. The molecule has 37 heavy (non-hydrogen) atoms. The number of carboxylic acids is 1. The van der Waals surface area contributed by atoms with E-state index in [4.69, 9.17) is 19.6 Å². The number of fused-ring (bicyclic) bond motifs is 2. The fourth-order valence-corrected chi connectivity index (χ4v) is 4.29. The SMILES string of the molecule is O=C(O)C(F)(F)F.O=C(c1ccncc1)N1CCC2(COCc3cnc(NCc4ccccc4)nc32)C1. The molecule has 12 heteroatoms. The summed E-state index contributed by atoms with van der Waals surface area (Å²) >= 11 is 0. The Morgan fingerprint density at radius 2 is 1.84 bits per heavy atom. The van der Waals surface area contributed by atoms with E-state index in [1.807, 2.05) is 29.3 Å². The second kappa shape index (κ2) is 10.9. The molecule has 194 valence electrons. The van der Waals surface area contributed by atoms with Gasteiger partial charge in [0.2, 0.25) is 5.95 Å².